The van der Waals surface area contributed by atoms with Gasteiger partial charge < -0.3 is 20.4 Å². The molecule has 3 N–H and O–H groups in total. The highest BCUT2D eigenvalue weighted by molar-refractivity contribution is 7.99. The van der Waals surface area contributed by atoms with Crippen LogP contribution >= 0.6 is 23.4 Å². The fourth-order valence-electron chi connectivity index (χ4n) is 1.64. The number of nitrogens with one attached hydrogen (secondary N) is 1. The first-order valence-corrected chi connectivity index (χ1v) is 8.26. The number of rotatable bonds is 8. The molecule has 8 nitrogen and oxygen atoms in total. The third kappa shape index (κ3) is 5.43. The van der Waals surface area contributed by atoms with Crippen LogP contribution in [0.1, 0.15) is 5.82 Å². The number of primary amides is 1. The second-order valence-electron chi connectivity index (χ2n) is 4.73. The largest absolute Gasteiger partial charge is 0.486 e. The van der Waals surface area contributed by atoms with Crippen molar-refractivity contribution in [2.24, 2.45) is 12.8 Å². The molecule has 0 saturated heterocycles. The lowest BCUT2D eigenvalue weighted by atomic mass is 10.3. The van der Waals surface area contributed by atoms with Crippen molar-refractivity contribution >= 4 is 35.2 Å². The van der Waals surface area contributed by atoms with Crippen molar-refractivity contribution in [1.29, 1.82) is 0 Å². The van der Waals surface area contributed by atoms with E-state index in [2.05, 4.69) is 15.5 Å². The Morgan fingerprint density at radius 2 is 2.04 bits per heavy atom. The minimum absolute atomic E-state index is 0.108. The first-order chi connectivity index (χ1) is 11.5. The molecule has 0 saturated carbocycles. The molecule has 0 bridgehead atoms. The Morgan fingerprint density at radius 1 is 1.33 bits per heavy atom. The average molecular weight is 370 g/mol. The second kappa shape index (κ2) is 8.55. The standard InChI is InChI=1S/C14H16ClN5O3S/c1-20-12(7-23-10-4-2-9(15)3-5-10)18-19-14(20)24-8-13(22)17-6-11(16)21/h2-5H,6-8H2,1H3,(H2,16,21)(H,17,22). The minimum Gasteiger partial charge on any atom is -0.486 e. The molecule has 128 valence electrons. The summed E-state index contributed by atoms with van der Waals surface area (Å²) in [5.41, 5.74) is 4.96. The molecule has 0 aliphatic heterocycles. The van der Waals surface area contributed by atoms with Crippen LogP contribution < -0.4 is 15.8 Å². The summed E-state index contributed by atoms with van der Waals surface area (Å²) in [6, 6.07) is 6.99. The van der Waals surface area contributed by atoms with Crippen molar-refractivity contribution in [2.45, 2.75) is 11.8 Å². The molecule has 1 aromatic carbocycles. The van der Waals surface area contributed by atoms with Crippen LogP contribution in [-0.2, 0) is 23.2 Å². The van der Waals surface area contributed by atoms with Gasteiger partial charge in [0.25, 0.3) is 0 Å². The van der Waals surface area contributed by atoms with Gasteiger partial charge in [-0.1, -0.05) is 23.4 Å². The molecule has 2 amide bonds. The van der Waals surface area contributed by atoms with E-state index in [-0.39, 0.29) is 24.8 Å². The van der Waals surface area contributed by atoms with Gasteiger partial charge in [0.15, 0.2) is 11.0 Å². The summed E-state index contributed by atoms with van der Waals surface area (Å²) >= 11 is 7.02. The Kier molecular flexibility index (Phi) is 6.44. The maximum absolute atomic E-state index is 11.5. The van der Waals surface area contributed by atoms with E-state index in [9.17, 15) is 9.59 Å². The van der Waals surface area contributed by atoms with Crippen molar-refractivity contribution in [3.63, 3.8) is 0 Å². The molecule has 1 heterocycles. The van der Waals surface area contributed by atoms with Crippen molar-refractivity contribution in [3.8, 4) is 5.75 Å². The zero-order valence-electron chi connectivity index (χ0n) is 12.9. The summed E-state index contributed by atoms with van der Waals surface area (Å²) in [4.78, 5) is 22.1. The molecule has 2 rings (SSSR count). The van der Waals surface area contributed by atoms with E-state index in [1.54, 1.807) is 35.9 Å². The van der Waals surface area contributed by atoms with E-state index in [0.717, 1.165) is 0 Å². The van der Waals surface area contributed by atoms with Gasteiger partial charge in [-0.3, -0.25) is 9.59 Å². The third-order valence-corrected chi connectivity index (χ3v) is 4.17. The predicted octanol–water partition coefficient (Wildman–Crippen LogP) is 0.741. The number of thioether (sulfide) groups is 1. The van der Waals surface area contributed by atoms with Gasteiger partial charge in [0.05, 0.1) is 12.3 Å². The molecule has 0 aliphatic carbocycles. The molecular formula is C14H16ClN5O3S. The molecule has 1 aromatic heterocycles. The van der Waals surface area contributed by atoms with Crippen molar-refractivity contribution in [3.05, 3.63) is 35.1 Å². The van der Waals surface area contributed by atoms with Crippen molar-refractivity contribution in [1.82, 2.24) is 20.1 Å². The second-order valence-corrected chi connectivity index (χ2v) is 6.11. The molecule has 0 aliphatic rings. The number of hydrogen-bond donors (Lipinski definition) is 2. The van der Waals surface area contributed by atoms with Crippen LogP contribution in [0.3, 0.4) is 0 Å². The van der Waals surface area contributed by atoms with Crippen molar-refractivity contribution < 1.29 is 14.3 Å². The van der Waals surface area contributed by atoms with E-state index in [1.807, 2.05) is 0 Å². The van der Waals surface area contributed by atoms with Crippen LogP contribution in [0.25, 0.3) is 0 Å². The van der Waals surface area contributed by atoms with Crippen LogP contribution in [0.15, 0.2) is 29.4 Å². The molecule has 2 aromatic rings. The summed E-state index contributed by atoms with van der Waals surface area (Å²) in [6.07, 6.45) is 0. The molecule has 0 fully saturated rings. The summed E-state index contributed by atoms with van der Waals surface area (Å²) < 4.78 is 7.35. The van der Waals surface area contributed by atoms with Crippen LogP contribution in [0.5, 0.6) is 5.75 Å². The highest BCUT2D eigenvalue weighted by atomic mass is 35.5. The predicted molar refractivity (Wildman–Crippen MR) is 89.7 cm³/mol. The Balaban J connectivity index is 1.85. The molecule has 0 radical (unpaired) electrons. The van der Waals surface area contributed by atoms with Gasteiger partial charge >= 0.3 is 0 Å². The Hall–Kier alpha value is -2.26. The molecule has 10 heteroatoms. The fourth-order valence-corrected chi connectivity index (χ4v) is 2.53. The Morgan fingerprint density at radius 3 is 2.71 bits per heavy atom. The lowest BCUT2D eigenvalue weighted by Crippen LogP contribution is -2.34. The fraction of sp³-hybridized carbons (Fsp3) is 0.286. The minimum atomic E-state index is -0.589. The van der Waals surface area contributed by atoms with Gasteiger partial charge in [0.1, 0.15) is 12.4 Å². The van der Waals surface area contributed by atoms with Gasteiger partial charge in [0, 0.05) is 12.1 Å². The summed E-state index contributed by atoms with van der Waals surface area (Å²) in [5.74, 6) is 0.499. The number of hydrogen-bond acceptors (Lipinski definition) is 6. The smallest absolute Gasteiger partial charge is 0.236 e. The van der Waals surface area contributed by atoms with Crippen LogP contribution in [0, 0.1) is 0 Å². The quantitative estimate of drug-likeness (QED) is 0.664. The number of amides is 2. The van der Waals surface area contributed by atoms with E-state index in [0.29, 0.717) is 21.8 Å². The number of nitrogens with two attached hydrogens (primary N) is 1. The van der Waals surface area contributed by atoms with Crippen LogP contribution in [-0.4, -0.2) is 38.9 Å². The lowest BCUT2D eigenvalue weighted by Gasteiger charge is -2.06. The number of nitrogens with zero attached hydrogens (tertiary/aromatic N) is 3. The summed E-state index contributed by atoms with van der Waals surface area (Å²) in [7, 11) is 1.78. The monoisotopic (exact) mass is 369 g/mol. The Labute approximate surface area is 147 Å². The molecule has 0 unspecified atom stereocenters. The summed E-state index contributed by atoms with van der Waals surface area (Å²) in [6.45, 7) is 0.0535. The van der Waals surface area contributed by atoms with E-state index >= 15 is 0 Å². The normalized spacial score (nSPS) is 10.4. The van der Waals surface area contributed by atoms with Gasteiger partial charge in [-0.2, -0.15) is 0 Å². The molecule has 24 heavy (non-hydrogen) atoms. The lowest BCUT2D eigenvalue weighted by molar-refractivity contribution is -0.123. The van der Waals surface area contributed by atoms with Gasteiger partial charge in [-0.25, -0.2) is 0 Å². The Bertz CT molecular complexity index is 720. The van der Waals surface area contributed by atoms with Crippen LogP contribution in [0.2, 0.25) is 5.02 Å². The number of aromatic nitrogens is 3. The van der Waals surface area contributed by atoms with E-state index in [1.165, 1.54) is 11.8 Å². The number of benzene rings is 1. The maximum Gasteiger partial charge on any atom is 0.236 e. The third-order valence-electron chi connectivity index (χ3n) is 2.90. The van der Waals surface area contributed by atoms with Gasteiger partial charge in [0.2, 0.25) is 11.8 Å². The number of ether oxygens (including phenoxy) is 1. The molecular weight excluding hydrogens is 354 g/mol. The average Bonchev–Trinajstić information content (AvgIpc) is 2.90. The number of carbonyl (C=O) groups excluding carboxylic acids is 2. The van der Waals surface area contributed by atoms with Crippen LogP contribution in [0.4, 0.5) is 0 Å². The zero-order valence-corrected chi connectivity index (χ0v) is 14.4. The van der Waals surface area contributed by atoms with E-state index < -0.39 is 5.91 Å². The zero-order chi connectivity index (χ0) is 17.5. The summed E-state index contributed by atoms with van der Waals surface area (Å²) in [5, 5.41) is 11.7. The van der Waals surface area contributed by atoms with Crippen molar-refractivity contribution in [2.75, 3.05) is 12.3 Å². The first kappa shape index (κ1) is 18.1. The van der Waals surface area contributed by atoms with Gasteiger partial charge in [-0.05, 0) is 24.3 Å². The molecule has 0 spiro atoms. The highest BCUT2D eigenvalue weighted by Crippen LogP contribution is 2.18. The maximum atomic E-state index is 11.5. The first-order valence-electron chi connectivity index (χ1n) is 6.90. The number of halogens is 1. The van der Waals surface area contributed by atoms with Gasteiger partial charge in [-0.15, -0.1) is 10.2 Å². The number of carbonyl (C=O) groups is 2. The topological polar surface area (TPSA) is 112 Å². The highest BCUT2D eigenvalue weighted by Gasteiger charge is 2.12. The molecule has 0 atom stereocenters. The van der Waals surface area contributed by atoms with E-state index in [4.69, 9.17) is 22.1 Å². The SMILES string of the molecule is Cn1c(COc2ccc(Cl)cc2)nnc1SCC(=O)NCC(N)=O.